The number of aliphatic carboxylic acids is 1. The van der Waals surface area contributed by atoms with Crippen LogP contribution in [0.25, 0.3) is 0 Å². The quantitative estimate of drug-likeness (QED) is 0.447. The number of rotatable bonds is 10. The van der Waals surface area contributed by atoms with Gasteiger partial charge in [0.15, 0.2) is 0 Å². The molecule has 0 aliphatic rings. The molecule has 0 rings (SSSR count). The van der Waals surface area contributed by atoms with Crippen LogP contribution < -0.4 is 16.4 Å². The SMILES string of the molecule is CCCCCC(C)NC(=O)N[C@@H](CCC(N)=O)C(=O)O. The van der Waals surface area contributed by atoms with Gasteiger partial charge in [-0.15, -0.1) is 0 Å². The predicted octanol–water partition coefficient (Wildman–Crippen LogP) is 0.973. The molecule has 0 radical (unpaired) electrons. The van der Waals surface area contributed by atoms with Crippen LogP contribution in [0.5, 0.6) is 0 Å². The number of hydrogen-bond acceptors (Lipinski definition) is 3. The Kier molecular flexibility index (Phi) is 9.15. The van der Waals surface area contributed by atoms with Gasteiger partial charge in [0.05, 0.1) is 0 Å². The Labute approximate surface area is 119 Å². The van der Waals surface area contributed by atoms with E-state index in [9.17, 15) is 14.4 Å². The van der Waals surface area contributed by atoms with Gasteiger partial charge in [0, 0.05) is 12.5 Å². The molecule has 5 N–H and O–H groups in total. The van der Waals surface area contributed by atoms with Gasteiger partial charge in [-0.1, -0.05) is 26.2 Å². The Morgan fingerprint density at radius 3 is 2.30 bits per heavy atom. The van der Waals surface area contributed by atoms with Gasteiger partial charge in [-0.2, -0.15) is 0 Å². The summed E-state index contributed by atoms with van der Waals surface area (Å²) in [5.74, 6) is -1.77. The third kappa shape index (κ3) is 9.18. The first-order valence-corrected chi connectivity index (χ1v) is 6.95. The van der Waals surface area contributed by atoms with Crippen LogP contribution in [0.4, 0.5) is 4.79 Å². The molecule has 0 heterocycles. The zero-order chi connectivity index (χ0) is 15.5. The lowest BCUT2D eigenvalue weighted by Gasteiger charge is -2.18. The number of hydrogen-bond donors (Lipinski definition) is 4. The van der Waals surface area contributed by atoms with Crippen LogP contribution >= 0.6 is 0 Å². The molecule has 0 saturated carbocycles. The van der Waals surface area contributed by atoms with E-state index in [2.05, 4.69) is 17.6 Å². The Bertz CT molecular complexity index is 334. The summed E-state index contributed by atoms with van der Waals surface area (Å²) < 4.78 is 0. The van der Waals surface area contributed by atoms with E-state index in [4.69, 9.17) is 10.8 Å². The van der Waals surface area contributed by atoms with Gasteiger partial charge < -0.3 is 21.5 Å². The number of primary amides is 1. The molecule has 20 heavy (non-hydrogen) atoms. The molecule has 2 atom stereocenters. The monoisotopic (exact) mass is 287 g/mol. The van der Waals surface area contributed by atoms with Gasteiger partial charge in [0.1, 0.15) is 6.04 Å². The third-order valence-corrected chi connectivity index (χ3v) is 2.90. The lowest BCUT2D eigenvalue weighted by Crippen LogP contribution is -2.48. The molecule has 0 aliphatic carbocycles. The number of carbonyl (C=O) groups is 3. The van der Waals surface area contributed by atoms with Crippen LogP contribution in [-0.4, -0.2) is 35.1 Å². The van der Waals surface area contributed by atoms with Gasteiger partial charge in [0.2, 0.25) is 5.91 Å². The van der Waals surface area contributed by atoms with Gasteiger partial charge in [0.25, 0.3) is 0 Å². The second kappa shape index (κ2) is 10.1. The van der Waals surface area contributed by atoms with Crippen LogP contribution in [0.2, 0.25) is 0 Å². The Morgan fingerprint density at radius 2 is 1.80 bits per heavy atom. The number of unbranched alkanes of at least 4 members (excludes halogenated alkanes) is 2. The first kappa shape index (κ1) is 18.2. The van der Waals surface area contributed by atoms with Crippen molar-refractivity contribution in [3.8, 4) is 0 Å². The fourth-order valence-corrected chi connectivity index (χ4v) is 1.74. The molecule has 0 aromatic heterocycles. The van der Waals surface area contributed by atoms with Crippen molar-refractivity contribution in [2.75, 3.05) is 0 Å². The third-order valence-electron chi connectivity index (χ3n) is 2.90. The molecule has 0 aromatic carbocycles. The molecule has 0 saturated heterocycles. The average molecular weight is 287 g/mol. The normalized spacial score (nSPS) is 13.3. The Balaban J connectivity index is 4.11. The standard InChI is InChI=1S/C13H25N3O4/c1-3-4-5-6-9(2)15-13(20)16-10(12(18)19)7-8-11(14)17/h9-10H,3-8H2,1-2H3,(H2,14,17)(H,18,19)(H2,15,16,20)/t9?,10-/m0/s1. The lowest BCUT2D eigenvalue weighted by atomic mass is 10.1. The number of nitrogens with two attached hydrogens (primary N) is 1. The number of carboxylic acid groups (broad SMARTS) is 1. The van der Waals surface area contributed by atoms with Crippen molar-refractivity contribution in [3.63, 3.8) is 0 Å². The van der Waals surface area contributed by atoms with Crippen LogP contribution in [0.3, 0.4) is 0 Å². The highest BCUT2D eigenvalue weighted by Gasteiger charge is 2.20. The van der Waals surface area contributed by atoms with Crippen LogP contribution in [0.1, 0.15) is 52.4 Å². The summed E-state index contributed by atoms with van der Waals surface area (Å²) in [5, 5.41) is 14.0. The second-order valence-corrected chi connectivity index (χ2v) is 4.91. The zero-order valence-electron chi connectivity index (χ0n) is 12.1. The van der Waals surface area contributed by atoms with Crippen molar-refractivity contribution in [2.45, 2.75) is 64.5 Å². The highest BCUT2D eigenvalue weighted by Crippen LogP contribution is 2.03. The molecule has 0 bridgehead atoms. The number of carboxylic acids is 1. The van der Waals surface area contributed by atoms with Gasteiger partial charge in [-0.25, -0.2) is 9.59 Å². The number of urea groups is 1. The van der Waals surface area contributed by atoms with Gasteiger partial charge >= 0.3 is 12.0 Å². The molecular weight excluding hydrogens is 262 g/mol. The van der Waals surface area contributed by atoms with Crippen molar-refractivity contribution < 1.29 is 19.5 Å². The van der Waals surface area contributed by atoms with E-state index in [-0.39, 0.29) is 18.9 Å². The van der Waals surface area contributed by atoms with E-state index in [1.54, 1.807) is 0 Å². The maximum absolute atomic E-state index is 11.6. The molecule has 3 amide bonds. The summed E-state index contributed by atoms with van der Waals surface area (Å²) in [6, 6.07) is -1.66. The van der Waals surface area contributed by atoms with Crippen LogP contribution in [0.15, 0.2) is 0 Å². The Hall–Kier alpha value is -1.79. The van der Waals surface area contributed by atoms with E-state index < -0.39 is 23.9 Å². The van der Waals surface area contributed by atoms with Crippen molar-refractivity contribution in [3.05, 3.63) is 0 Å². The first-order valence-electron chi connectivity index (χ1n) is 6.95. The summed E-state index contributed by atoms with van der Waals surface area (Å²) >= 11 is 0. The van der Waals surface area contributed by atoms with E-state index in [0.717, 1.165) is 25.7 Å². The number of amides is 3. The topological polar surface area (TPSA) is 122 Å². The molecule has 7 nitrogen and oxygen atoms in total. The van der Waals surface area contributed by atoms with Gasteiger partial charge in [-0.05, 0) is 19.8 Å². The zero-order valence-corrected chi connectivity index (χ0v) is 12.1. The van der Waals surface area contributed by atoms with E-state index in [0.29, 0.717) is 0 Å². The fraction of sp³-hybridized carbons (Fsp3) is 0.769. The maximum atomic E-state index is 11.6. The number of carbonyl (C=O) groups excluding carboxylic acids is 2. The van der Waals surface area contributed by atoms with Crippen molar-refractivity contribution in [1.82, 2.24) is 10.6 Å². The summed E-state index contributed by atoms with van der Waals surface area (Å²) in [6.07, 6.45) is 3.98. The second-order valence-electron chi connectivity index (χ2n) is 4.91. The molecule has 116 valence electrons. The molecule has 0 aliphatic heterocycles. The minimum atomic E-state index is -1.18. The molecular formula is C13H25N3O4. The van der Waals surface area contributed by atoms with E-state index in [1.807, 2.05) is 6.92 Å². The average Bonchev–Trinajstić information content (AvgIpc) is 2.34. The minimum Gasteiger partial charge on any atom is -0.480 e. The largest absolute Gasteiger partial charge is 0.480 e. The summed E-state index contributed by atoms with van der Waals surface area (Å²) in [7, 11) is 0. The predicted molar refractivity (Wildman–Crippen MR) is 75.1 cm³/mol. The smallest absolute Gasteiger partial charge is 0.326 e. The van der Waals surface area contributed by atoms with Crippen molar-refractivity contribution in [2.24, 2.45) is 5.73 Å². The van der Waals surface area contributed by atoms with Crippen LogP contribution in [0, 0.1) is 0 Å². The molecule has 0 fully saturated rings. The molecule has 7 heteroatoms. The van der Waals surface area contributed by atoms with Crippen molar-refractivity contribution in [1.29, 1.82) is 0 Å². The highest BCUT2D eigenvalue weighted by molar-refractivity contribution is 5.83. The van der Waals surface area contributed by atoms with E-state index >= 15 is 0 Å². The summed E-state index contributed by atoms with van der Waals surface area (Å²) in [6.45, 7) is 3.97. The molecule has 0 spiro atoms. The molecule has 0 aromatic rings. The van der Waals surface area contributed by atoms with E-state index in [1.165, 1.54) is 0 Å². The first-order chi connectivity index (χ1) is 9.36. The fourth-order valence-electron chi connectivity index (χ4n) is 1.74. The summed E-state index contributed by atoms with van der Waals surface area (Å²) in [5.41, 5.74) is 4.96. The lowest BCUT2D eigenvalue weighted by molar-refractivity contribution is -0.139. The highest BCUT2D eigenvalue weighted by atomic mass is 16.4. The number of nitrogens with one attached hydrogen (secondary N) is 2. The molecule has 1 unspecified atom stereocenters. The van der Waals surface area contributed by atoms with Crippen molar-refractivity contribution >= 4 is 17.9 Å². The maximum Gasteiger partial charge on any atom is 0.326 e. The van der Waals surface area contributed by atoms with Crippen LogP contribution in [-0.2, 0) is 9.59 Å². The summed E-state index contributed by atoms with van der Waals surface area (Å²) in [4.78, 5) is 33.2. The minimum absolute atomic E-state index is 0.0116. The Morgan fingerprint density at radius 1 is 1.15 bits per heavy atom. The van der Waals surface area contributed by atoms with Gasteiger partial charge in [-0.3, -0.25) is 4.79 Å².